The summed E-state index contributed by atoms with van der Waals surface area (Å²) in [6.45, 7) is 8.83. The standard InChI is InChI=1S/C26H39N3O4S/c1-8-17(3)15-27-21(9-2)18(4)10-11-20-16-28-26(34-20)29-24(30)14-19-12-22(31-5)25(33-7)23(13-19)32-6/h12-13,15-16,18,21,27H,8-11,14H2,1-7H3,(H,28,29,30)/b17-15+. The van der Waals surface area contributed by atoms with E-state index >= 15 is 0 Å². The Balaban J connectivity index is 1.93. The third kappa shape index (κ3) is 7.94. The molecule has 1 amide bonds. The maximum atomic E-state index is 12.6. The number of aromatic nitrogens is 1. The summed E-state index contributed by atoms with van der Waals surface area (Å²) in [5.74, 6) is 1.94. The van der Waals surface area contributed by atoms with Crippen LogP contribution >= 0.6 is 11.3 Å². The maximum Gasteiger partial charge on any atom is 0.230 e. The molecule has 0 aliphatic heterocycles. The molecule has 34 heavy (non-hydrogen) atoms. The molecule has 0 spiro atoms. The predicted molar refractivity (Wildman–Crippen MR) is 139 cm³/mol. The van der Waals surface area contributed by atoms with Crippen molar-refractivity contribution in [2.75, 3.05) is 26.6 Å². The molecule has 2 N–H and O–H groups in total. The first kappa shape index (κ1) is 27.5. The van der Waals surface area contributed by atoms with Gasteiger partial charge in [0.25, 0.3) is 0 Å². The number of thiazole rings is 1. The van der Waals surface area contributed by atoms with Crippen molar-refractivity contribution < 1.29 is 19.0 Å². The van der Waals surface area contributed by atoms with Crippen molar-refractivity contribution in [2.24, 2.45) is 5.92 Å². The van der Waals surface area contributed by atoms with Crippen LogP contribution in [0.2, 0.25) is 0 Å². The molecular weight excluding hydrogens is 450 g/mol. The maximum absolute atomic E-state index is 12.6. The molecule has 1 aromatic carbocycles. The number of benzene rings is 1. The lowest BCUT2D eigenvalue weighted by Gasteiger charge is -2.23. The van der Waals surface area contributed by atoms with E-state index < -0.39 is 0 Å². The van der Waals surface area contributed by atoms with E-state index in [1.807, 2.05) is 6.20 Å². The number of hydrogen-bond donors (Lipinski definition) is 2. The van der Waals surface area contributed by atoms with Gasteiger partial charge < -0.3 is 24.8 Å². The molecule has 0 saturated carbocycles. The Morgan fingerprint density at radius 1 is 1.15 bits per heavy atom. The minimum Gasteiger partial charge on any atom is -0.493 e. The lowest BCUT2D eigenvalue weighted by Crippen LogP contribution is -2.31. The Morgan fingerprint density at radius 2 is 1.82 bits per heavy atom. The van der Waals surface area contributed by atoms with Gasteiger partial charge in [0.2, 0.25) is 11.7 Å². The molecule has 2 rings (SSSR count). The van der Waals surface area contributed by atoms with Crippen molar-refractivity contribution in [2.45, 2.75) is 65.8 Å². The van der Waals surface area contributed by atoms with Crippen molar-refractivity contribution >= 4 is 22.4 Å². The molecule has 0 fully saturated rings. The number of hydrogen-bond acceptors (Lipinski definition) is 7. The highest BCUT2D eigenvalue weighted by atomic mass is 32.1. The van der Waals surface area contributed by atoms with Crippen LogP contribution in [-0.4, -0.2) is 38.3 Å². The SMILES string of the molecule is CC/C(C)=C/NC(CC)C(C)CCc1cnc(NC(=O)Cc2cc(OC)c(OC)c(OC)c2)s1. The summed E-state index contributed by atoms with van der Waals surface area (Å²) in [6, 6.07) is 4.02. The summed E-state index contributed by atoms with van der Waals surface area (Å²) in [4.78, 5) is 18.2. The molecule has 2 aromatic rings. The first-order chi connectivity index (χ1) is 16.3. The van der Waals surface area contributed by atoms with Crippen LogP contribution in [-0.2, 0) is 17.6 Å². The molecule has 0 radical (unpaired) electrons. The fourth-order valence-corrected chi connectivity index (χ4v) is 4.52. The third-order valence-corrected chi connectivity index (χ3v) is 6.94. The molecule has 1 heterocycles. The summed E-state index contributed by atoms with van der Waals surface area (Å²) in [5.41, 5.74) is 2.13. The number of nitrogens with zero attached hydrogens (tertiary/aromatic N) is 1. The van der Waals surface area contributed by atoms with E-state index in [4.69, 9.17) is 14.2 Å². The van der Waals surface area contributed by atoms with Crippen LogP contribution in [0.15, 0.2) is 30.1 Å². The fourth-order valence-electron chi connectivity index (χ4n) is 3.67. The second kappa shape index (κ2) is 13.8. The molecule has 2 unspecified atom stereocenters. The molecule has 8 heteroatoms. The molecule has 188 valence electrons. The van der Waals surface area contributed by atoms with Crippen LogP contribution in [0.3, 0.4) is 0 Å². The molecule has 0 aliphatic carbocycles. The first-order valence-electron chi connectivity index (χ1n) is 11.8. The first-order valence-corrected chi connectivity index (χ1v) is 12.6. The lowest BCUT2D eigenvalue weighted by molar-refractivity contribution is -0.115. The highest BCUT2D eigenvalue weighted by molar-refractivity contribution is 7.15. The Labute approximate surface area is 207 Å². The number of carbonyl (C=O) groups excluding carboxylic acids is 1. The number of anilines is 1. The van der Waals surface area contributed by atoms with Crippen LogP contribution in [0.4, 0.5) is 5.13 Å². The Morgan fingerprint density at radius 3 is 2.38 bits per heavy atom. The van der Waals surface area contributed by atoms with Crippen LogP contribution in [0.1, 0.15) is 57.4 Å². The second-order valence-corrected chi connectivity index (χ2v) is 9.55. The van der Waals surface area contributed by atoms with Gasteiger partial charge in [-0.2, -0.15) is 0 Å². The average Bonchev–Trinajstić information content (AvgIpc) is 3.28. The zero-order valence-electron chi connectivity index (χ0n) is 21.5. The van der Waals surface area contributed by atoms with E-state index in [1.165, 1.54) is 21.8 Å². The number of carbonyl (C=O) groups is 1. The van der Waals surface area contributed by atoms with E-state index in [1.54, 1.807) is 33.5 Å². The number of methoxy groups -OCH3 is 3. The largest absolute Gasteiger partial charge is 0.493 e. The van der Waals surface area contributed by atoms with Gasteiger partial charge in [-0.15, -0.1) is 11.3 Å². The topological polar surface area (TPSA) is 81.7 Å². The molecular formula is C26H39N3O4S. The molecule has 1 aromatic heterocycles. The second-order valence-electron chi connectivity index (χ2n) is 8.43. The van der Waals surface area contributed by atoms with Crippen molar-refractivity contribution in [3.05, 3.63) is 40.5 Å². The number of aryl methyl sites for hydroxylation is 1. The van der Waals surface area contributed by atoms with Gasteiger partial charge in [-0.3, -0.25) is 4.79 Å². The summed E-state index contributed by atoms with van der Waals surface area (Å²) in [7, 11) is 4.67. The monoisotopic (exact) mass is 489 g/mol. The minimum absolute atomic E-state index is 0.142. The lowest BCUT2D eigenvalue weighted by atomic mass is 9.94. The predicted octanol–water partition coefficient (Wildman–Crippen LogP) is 5.60. The average molecular weight is 490 g/mol. The molecule has 2 atom stereocenters. The summed E-state index contributed by atoms with van der Waals surface area (Å²) in [6.07, 6.45) is 8.34. The van der Waals surface area contributed by atoms with Crippen LogP contribution < -0.4 is 24.8 Å². The van der Waals surface area contributed by atoms with Crippen molar-refractivity contribution in [3.8, 4) is 17.2 Å². The summed E-state index contributed by atoms with van der Waals surface area (Å²) < 4.78 is 16.1. The number of nitrogens with one attached hydrogen (secondary N) is 2. The Kier molecular flexibility index (Phi) is 11.2. The van der Waals surface area contributed by atoms with Gasteiger partial charge in [-0.05, 0) is 62.4 Å². The molecule has 7 nitrogen and oxygen atoms in total. The molecule has 0 saturated heterocycles. The summed E-state index contributed by atoms with van der Waals surface area (Å²) >= 11 is 1.53. The van der Waals surface area contributed by atoms with E-state index in [9.17, 15) is 4.79 Å². The van der Waals surface area contributed by atoms with Gasteiger partial charge in [0.15, 0.2) is 16.6 Å². The zero-order valence-corrected chi connectivity index (χ0v) is 22.3. The fraction of sp³-hybridized carbons (Fsp3) is 0.538. The van der Waals surface area contributed by atoms with Crippen LogP contribution in [0.5, 0.6) is 17.2 Å². The van der Waals surface area contributed by atoms with Crippen molar-refractivity contribution in [1.29, 1.82) is 0 Å². The quantitative estimate of drug-likeness (QED) is 0.359. The van der Waals surface area contributed by atoms with Crippen molar-refractivity contribution in [1.82, 2.24) is 10.3 Å². The number of allylic oxidation sites excluding steroid dienone is 1. The van der Waals surface area contributed by atoms with Gasteiger partial charge in [0.05, 0.1) is 27.8 Å². The van der Waals surface area contributed by atoms with E-state index in [-0.39, 0.29) is 12.3 Å². The summed E-state index contributed by atoms with van der Waals surface area (Å²) in [5, 5.41) is 7.11. The number of rotatable bonds is 14. The zero-order chi connectivity index (χ0) is 25.1. The van der Waals surface area contributed by atoms with Gasteiger partial charge >= 0.3 is 0 Å². The third-order valence-electron chi connectivity index (χ3n) is 5.96. The van der Waals surface area contributed by atoms with Gasteiger partial charge in [0, 0.05) is 17.1 Å². The van der Waals surface area contributed by atoms with Gasteiger partial charge in [-0.25, -0.2) is 4.98 Å². The highest BCUT2D eigenvalue weighted by Crippen LogP contribution is 2.38. The molecule has 0 bridgehead atoms. The minimum atomic E-state index is -0.142. The van der Waals surface area contributed by atoms with Gasteiger partial charge in [-0.1, -0.05) is 26.3 Å². The Bertz CT molecular complexity index is 932. The van der Waals surface area contributed by atoms with Crippen LogP contribution in [0, 0.1) is 5.92 Å². The van der Waals surface area contributed by atoms with Crippen LogP contribution in [0.25, 0.3) is 0 Å². The van der Waals surface area contributed by atoms with E-state index in [0.717, 1.165) is 31.2 Å². The number of amides is 1. The highest BCUT2D eigenvalue weighted by Gasteiger charge is 2.17. The van der Waals surface area contributed by atoms with Gasteiger partial charge in [0.1, 0.15) is 0 Å². The number of ether oxygens (including phenoxy) is 3. The molecule has 0 aliphatic rings. The van der Waals surface area contributed by atoms with E-state index in [0.29, 0.717) is 34.3 Å². The van der Waals surface area contributed by atoms with E-state index in [2.05, 4.69) is 49.5 Å². The normalized spacial score (nSPS) is 13.2. The Hall–Kier alpha value is -2.74. The van der Waals surface area contributed by atoms with Crippen molar-refractivity contribution in [3.63, 3.8) is 0 Å². The smallest absolute Gasteiger partial charge is 0.230 e.